The van der Waals surface area contributed by atoms with Crippen molar-refractivity contribution in [2.45, 2.75) is 45.6 Å². The van der Waals surface area contributed by atoms with Crippen LogP contribution in [-0.2, 0) is 12.8 Å². The van der Waals surface area contributed by atoms with Crippen LogP contribution < -0.4 is 5.32 Å². The number of hydrogen-bond acceptors (Lipinski definition) is 3. The standard InChI is InChI=1S/C13H21N3/c1-4-11-7-12(16-9(2)15-11)8-13(14-3)10-5-6-10/h7,10,13-14H,4-6,8H2,1-3H3. The van der Waals surface area contributed by atoms with E-state index in [-0.39, 0.29) is 0 Å². The van der Waals surface area contributed by atoms with Gasteiger partial charge in [0.1, 0.15) is 5.82 Å². The van der Waals surface area contributed by atoms with Gasteiger partial charge in [0.15, 0.2) is 0 Å². The Bertz CT molecular complexity index is 358. The fraction of sp³-hybridized carbons (Fsp3) is 0.692. The Morgan fingerprint density at radius 3 is 2.62 bits per heavy atom. The molecular weight excluding hydrogens is 198 g/mol. The summed E-state index contributed by atoms with van der Waals surface area (Å²) in [6.45, 7) is 4.12. The Kier molecular flexibility index (Phi) is 3.54. The lowest BCUT2D eigenvalue weighted by Crippen LogP contribution is -2.30. The lowest BCUT2D eigenvalue weighted by Gasteiger charge is -2.15. The van der Waals surface area contributed by atoms with E-state index in [9.17, 15) is 0 Å². The summed E-state index contributed by atoms with van der Waals surface area (Å²) in [4.78, 5) is 8.94. The average molecular weight is 219 g/mol. The molecule has 1 heterocycles. The topological polar surface area (TPSA) is 37.8 Å². The molecule has 0 saturated heterocycles. The highest BCUT2D eigenvalue weighted by Gasteiger charge is 2.30. The second-order valence-electron chi connectivity index (χ2n) is 4.69. The van der Waals surface area contributed by atoms with E-state index >= 15 is 0 Å². The second kappa shape index (κ2) is 4.91. The van der Waals surface area contributed by atoms with Gasteiger partial charge in [0.25, 0.3) is 0 Å². The first-order chi connectivity index (χ1) is 7.72. The molecule has 16 heavy (non-hydrogen) atoms. The summed E-state index contributed by atoms with van der Waals surface area (Å²) in [6.07, 6.45) is 4.77. The molecule has 1 aromatic heterocycles. The van der Waals surface area contributed by atoms with Crippen LogP contribution in [0.3, 0.4) is 0 Å². The lowest BCUT2D eigenvalue weighted by molar-refractivity contribution is 0.494. The first-order valence-corrected chi connectivity index (χ1v) is 6.23. The van der Waals surface area contributed by atoms with E-state index in [1.54, 1.807) is 0 Å². The van der Waals surface area contributed by atoms with E-state index in [4.69, 9.17) is 0 Å². The Labute approximate surface area is 97.7 Å². The van der Waals surface area contributed by atoms with Crippen molar-refractivity contribution in [3.63, 3.8) is 0 Å². The van der Waals surface area contributed by atoms with Crippen LogP contribution in [0.4, 0.5) is 0 Å². The molecule has 3 nitrogen and oxygen atoms in total. The van der Waals surface area contributed by atoms with E-state index in [2.05, 4.69) is 35.3 Å². The largest absolute Gasteiger partial charge is 0.316 e. The van der Waals surface area contributed by atoms with Crippen LogP contribution in [0.25, 0.3) is 0 Å². The second-order valence-corrected chi connectivity index (χ2v) is 4.69. The van der Waals surface area contributed by atoms with Crippen LogP contribution in [0.5, 0.6) is 0 Å². The van der Waals surface area contributed by atoms with Crippen molar-refractivity contribution in [2.24, 2.45) is 5.92 Å². The zero-order valence-electron chi connectivity index (χ0n) is 10.5. The van der Waals surface area contributed by atoms with Gasteiger partial charge in [-0.05, 0) is 45.2 Å². The molecule has 1 atom stereocenters. The number of likely N-dealkylation sites (N-methyl/N-ethyl adjacent to an activating group) is 1. The summed E-state index contributed by atoms with van der Waals surface area (Å²) in [6, 6.07) is 2.75. The van der Waals surface area contributed by atoms with Crippen LogP contribution in [0.2, 0.25) is 0 Å². The molecule has 0 aromatic carbocycles. The van der Waals surface area contributed by atoms with Crippen molar-refractivity contribution in [1.82, 2.24) is 15.3 Å². The molecule has 1 unspecified atom stereocenters. The molecule has 1 aliphatic rings. The molecule has 3 heteroatoms. The minimum Gasteiger partial charge on any atom is -0.316 e. The van der Waals surface area contributed by atoms with Crippen molar-refractivity contribution in [3.8, 4) is 0 Å². The third-order valence-electron chi connectivity index (χ3n) is 3.30. The summed E-state index contributed by atoms with van der Waals surface area (Å²) in [5, 5.41) is 3.41. The molecular formula is C13H21N3. The molecule has 0 radical (unpaired) electrons. The van der Waals surface area contributed by atoms with Gasteiger partial charge >= 0.3 is 0 Å². The molecule has 1 saturated carbocycles. The van der Waals surface area contributed by atoms with E-state index < -0.39 is 0 Å². The third-order valence-corrected chi connectivity index (χ3v) is 3.30. The van der Waals surface area contributed by atoms with E-state index in [1.807, 2.05) is 6.92 Å². The molecule has 1 aromatic rings. The molecule has 0 amide bonds. The Morgan fingerprint density at radius 2 is 2.06 bits per heavy atom. The molecule has 0 aliphatic heterocycles. The Morgan fingerprint density at radius 1 is 1.38 bits per heavy atom. The molecule has 1 fully saturated rings. The highest BCUT2D eigenvalue weighted by atomic mass is 14.9. The first kappa shape index (κ1) is 11.5. The van der Waals surface area contributed by atoms with Gasteiger partial charge in [0, 0.05) is 23.9 Å². The highest BCUT2D eigenvalue weighted by Crippen LogP contribution is 2.33. The van der Waals surface area contributed by atoms with Crippen molar-refractivity contribution in [2.75, 3.05) is 7.05 Å². The van der Waals surface area contributed by atoms with Crippen LogP contribution in [0.15, 0.2) is 6.07 Å². The molecule has 2 rings (SSSR count). The highest BCUT2D eigenvalue weighted by molar-refractivity contribution is 5.13. The van der Waals surface area contributed by atoms with Gasteiger partial charge in [-0.3, -0.25) is 0 Å². The molecule has 0 spiro atoms. The van der Waals surface area contributed by atoms with Gasteiger partial charge in [-0.25, -0.2) is 9.97 Å². The quantitative estimate of drug-likeness (QED) is 0.821. The number of nitrogens with one attached hydrogen (secondary N) is 1. The van der Waals surface area contributed by atoms with Gasteiger partial charge < -0.3 is 5.32 Å². The maximum Gasteiger partial charge on any atom is 0.125 e. The number of nitrogens with zero attached hydrogens (tertiary/aromatic N) is 2. The summed E-state index contributed by atoms with van der Waals surface area (Å²) in [7, 11) is 2.05. The van der Waals surface area contributed by atoms with E-state index in [0.717, 1.165) is 30.3 Å². The van der Waals surface area contributed by atoms with Crippen LogP contribution in [0.1, 0.15) is 37.0 Å². The molecule has 88 valence electrons. The number of hydrogen-bond donors (Lipinski definition) is 1. The summed E-state index contributed by atoms with van der Waals surface area (Å²) < 4.78 is 0. The Balaban J connectivity index is 2.09. The van der Waals surface area contributed by atoms with Gasteiger partial charge in [-0.2, -0.15) is 0 Å². The minimum atomic E-state index is 0.596. The summed E-state index contributed by atoms with van der Waals surface area (Å²) >= 11 is 0. The monoisotopic (exact) mass is 219 g/mol. The average Bonchev–Trinajstić information content (AvgIpc) is 3.09. The van der Waals surface area contributed by atoms with Gasteiger partial charge in [0.05, 0.1) is 0 Å². The fourth-order valence-corrected chi connectivity index (χ4v) is 2.21. The zero-order valence-corrected chi connectivity index (χ0v) is 10.5. The number of aryl methyl sites for hydroxylation is 2. The fourth-order valence-electron chi connectivity index (χ4n) is 2.21. The van der Waals surface area contributed by atoms with Crippen molar-refractivity contribution in [3.05, 3.63) is 23.3 Å². The van der Waals surface area contributed by atoms with Crippen molar-refractivity contribution < 1.29 is 0 Å². The van der Waals surface area contributed by atoms with Crippen LogP contribution >= 0.6 is 0 Å². The molecule has 1 N–H and O–H groups in total. The third kappa shape index (κ3) is 2.79. The number of aromatic nitrogens is 2. The number of rotatable bonds is 5. The van der Waals surface area contributed by atoms with Gasteiger partial charge in [0.2, 0.25) is 0 Å². The van der Waals surface area contributed by atoms with Crippen LogP contribution in [-0.4, -0.2) is 23.1 Å². The Hall–Kier alpha value is -0.960. The van der Waals surface area contributed by atoms with Crippen LogP contribution in [0, 0.1) is 12.8 Å². The predicted octanol–water partition coefficient (Wildman–Crippen LogP) is 1.89. The van der Waals surface area contributed by atoms with E-state index in [0.29, 0.717) is 6.04 Å². The van der Waals surface area contributed by atoms with Gasteiger partial charge in [-0.1, -0.05) is 6.92 Å². The van der Waals surface area contributed by atoms with Crippen molar-refractivity contribution >= 4 is 0 Å². The summed E-state index contributed by atoms with van der Waals surface area (Å²) in [5.41, 5.74) is 2.35. The lowest BCUT2D eigenvalue weighted by atomic mass is 10.1. The smallest absolute Gasteiger partial charge is 0.125 e. The molecule has 0 bridgehead atoms. The maximum absolute atomic E-state index is 4.53. The maximum atomic E-state index is 4.53. The summed E-state index contributed by atoms with van der Waals surface area (Å²) in [5.74, 6) is 1.77. The molecule has 1 aliphatic carbocycles. The SMILES string of the molecule is CCc1cc(CC(NC)C2CC2)nc(C)n1. The predicted molar refractivity (Wildman–Crippen MR) is 65.4 cm³/mol. The van der Waals surface area contributed by atoms with Gasteiger partial charge in [-0.15, -0.1) is 0 Å². The zero-order chi connectivity index (χ0) is 11.5. The van der Waals surface area contributed by atoms with Crippen molar-refractivity contribution in [1.29, 1.82) is 0 Å². The van der Waals surface area contributed by atoms with E-state index in [1.165, 1.54) is 18.5 Å². The minimum absolute atomic E-state index is 0.596. The first-order valence-electron chi connectivity index (χ1n) is 6.23. The normalized spacial score (nSPS) is 17.4.